The number of hydrogen-bond acceptors (Lipinski definition) is 3. The van der Waals surface area contributed by atoms with Gasteiger partial charge in [0.05, 0.1) is 0 Å². The number of rotatable bonds is 2. The molecule has 0 aromatic carbocycles. The molecule has 0 aliphatic carbocycles. The van der Waals surface area contributed by atoms with Gasteiger partial charge in [0.25, 0.3) is 0 Å². The van der Waals surface area contributed by atoms with Gasteiger partial charge in [0.15, 0.2) is 0 Å². The Morgan fingerprint density at radius 1 is 1.33 bits per heavy atom. The second kappa shape index (κ2) is 6.15. The van der Waals surface area contributed by atoms with Crippen LogP contribution in [0.5, 0.6) is 0 Å². The molecule has 2 aliphatic rings. The van der Waals surface area contributed by atoms with Gasteiger partial charge in [-0.05, 0) is 30.4 Å². The number of hydrogen-bond donors (Lipinski definition) is 1. The molecule has 18 heavy (non-hydrogen) atoms. The maximum atomic E-state index is 3.78. The summed E-state index contributed by atoms with van der Waals surface area (Å²) < 4.78 is 0. The van der Waals surface area contributed by atoms with Crippen molar-refractivity contribution in [2.75, 3.05) is 24.6 Å². The van der Waals surface area contributed by atoms with Crippen LogP contribution in [0.1, 0.15) is 47.0 Å². The van der Waals surface area contributed by atoms with Gasteiger partial charge >= 0.3 is 0 Å². The van der Waals surface area contributed by atoms with Crippen molar-refractivity contribution in [1.82, 2.24) is 10.2 Å². The van der Waals surface area contributed by atoms with Crippen LogP contribution in [0.15, 0.2) is 0 Å². The average molecular weight is 270 g/mol. The lowest BCUT2D eigenvalue weighted by atomic mass is 9.84. The van der Waals surface area contributed by atoms with Gasteiger partial charge < -0.3 is 5.32 Å². The van der Waals surface area contributed by atoms with Gasteiger partial charge in [0.1, 0.15) is 0 Å². The zero-order valence-corrected chi connectivity index (χ0v) is 13.4. The minimum Gasteiger partial charge on any atom is -0.311 e. The molecule has 0 aromatic heterocycles. The molecule has 2 heterocycles. The molecule has 0 saturated carbocycles. The molecule has 2 aliphatic heterocycles. The van der Waals surface area contributed by atoms with E-state index in [9.17, 15) is 0 Å². The first kappa shape index (κ1) is 14.7. The van der Waals surface area contributed by atoms with E-state index >= 15 is 0 Å². The summed E-state index contributed by atoms with van der Waals surface area (Å²) >= 11 is 2.16. The summed E-state index contributed by atoms with van der Waals surface area (Å²) in [4.78, 5) is 2.83. The van der Waals surface area contributed by atoms with Crippen molar-refractivity contribution in [3.8, 4) is 0 Å². The molecule has 106 valence electrons. The van der Waals surface area contributed by atoms with E-state index in [0.29, 0.717) is 11.5 Å². The molecule has 2 fully saturated rings. The van der Waals surface area contributed by atoms with Crippen LogP contribution in [0.25, 0.3) is 0 Å². The van der Waals surface area contributed by atoms with Gasteiger partial charge in [-0.15, -0.1) is 0 Å². The predicted molar refractivity (Wildman–Crippen MR) is 82.4 cm³/mol. The van der Waals surface area contributed by atoms with Crippen LogP contribution in [-0.4, -0.2) is 47.6 Å². The zero-order chi connectivity index (χ0) is 13.2. The first-order valence-electron chi connectivity index (χ1n) is 7.59. The van der Waals surface area contributed by atoms with Gasteiger partial charge in [-0.1, -0.05) is 27.7 Å². The van der Waals surface area contributed by atoms with Crippen LogP contribution in [0.3, 0.4) is 0 Å². The third-order valence-electron chi connectivity index (χ3n) is 4.58. The lowest BCUT2D eigenvalue weighted by molar-refractivity contribution is 0.0511. The van der Waals surface area contributed by atoms with Crippen molar-refractivity contribution < 1.29 is 0 Å². The van der Waals surface area contributed by atoms with Gasteiger partial charge in [-0.3, -0.25) is 4.90 Å². The number of thioether (sulfide) groups is 1. The molecule has 2 rings (SSSR count). The highest BCUT2D eigenvalue weighted by Crippen LogP contribution is 2.29. The second-order valence-electron chi connectivity index (χ2n) is 6.96. The highest BCUT2D eigenvalue weighted by molar-refractivity contribution is 7.99. The maximum Gasteiger partial charge on any atom is 0.0244 e. The quantitative estimate of drug-likeness (QED) is 0.830. The van der Waals surface area contributed by atoms with E-state index in [2.05, 4.69) is 49.7 Å². The van der Waals surface area contributed by atoms with E-state index < -0.39 is 0 Å². The highest BCUT2D eigenvalue weighted by atomic mass is 32.2. The summed E-state index contributed by atoms with van der Waals surface area (Å²) in [6.45, 7) is 11.9. The van der Waals surface area contributed by atoms with Crippen molar-refractivity contribution in [2.24, 2.45) is 5.41 Å². The number of nitrogens with zero attached hydrogens (tertiary/aromatic N) is 1. The Labute approximate surface area is 117 Å². The van der Waals surface area contributed by atoms with Crippen LogP contribution in [0.4, 0.5) is 0 Å². The molecule has 3 heteroatoms. The molecular weight excluding hydrogens is 240 g/mol. The zero-order valence-electron chi connectivity index (χ0n) is 12.5. The Morgan fingerprint density at radius 3 is 2.67 bits per heavy atom. The third kappa shape index (κ3) is 3.43. The highest BCUT2D eigenvalue weighted by Gasteiger charge is 2.36. The lowest BCUT2D eigenvalue weighted by Crippen LogP contribution is -2.63. The van der Waals surface area contributed by atoms with E-state index in [0.717, 1.165) is 12.1 Å². The van der Waals surface area contributed by atoms with Crippen molar-refractivity contribution in [2.45, 2.75) is 65.1 Å². The number of piperazine rings is 1. The van der Waals surface area contributed by atoms with Crippen LogP contribution in [0, 0.1) is 5.41 Å². The molecule has 3 unspecified atom stereocenters. The molecule has 0 aromatic rings. The molecule has 2 nitrogen and oxygen atoms in total. The molecular formula is C15H30N2S. The van der Waals surface area contributed by atoms with Gasteiger partial charge in [-0.25, -0.2) is 0 Å². The lowest BCUT2D eigenvalue weighted by Gasteiger charge is -2.48. The summed E-state index contributed by atoms with van der Waals surface area (Å²) in [5, 5.41) is 3.78. The third-order valence-corrected chi connectivity index (χ3v) is 5.78. The van der Waals surface area contributed by atoms with E-state index in [1.165, 1.54) is 43.9 Å². The van der Waals surface area contributed by atoms with Gasteiger partial charge in [0.2, 0.25) is 0 Å². The van der Waals surface area contributed by atoms with E-state index in [1.807, 2.05) is 0 Å². The molecule has 3 atom stereocenters. The standard InChI is InChI=1S/C15H30N2S/c1-5-12-9-16-14(15(2,3)4)10-17(12)13-7-6-8-18-11-13/h12-14,16H,5-11H2,1-4H3. The molecule has 0 amide bonds. The fourth-order valence-corrected chi connectivity index (χ4v) is 4.38. The molecule has 0 bridgehead atoms. The smallest absolute Gasteiger partial charge is 0.0244 e. The predicted octanol–water partition coefficient (Wildman–Crippen LogP) is 2.98. The summed E-state index contributed by atoms with van der Waals surface area (Å²) in [7, 11) is 0. The van der Waals surface area contributed by atoms with Gasteiger partial charge in [0, 0.05) is 37.0 Å². The Bertz CT molecular complexity index is 256. The number of nitrogens with one attached hydrogen (secondary N) is 1. The summed E-state index contributed by atoms with van der Waals surface area (Å²) in [5.41, 5.74) is 0.374. The van der Waals surface area contributed by atoms with Crippen LogP contribution in [0.2, 0.25) is 0 Å². The molecule has 2 saturated heterocycles. The summed E-state index contributed by atoms with van der Waals surface area (Å²) in [6, 6.07) is 2.24. The molecule has 1 N–H and O–H groups in total. The van der Waals surface area contributed by atoms with E-state index in [1.54, 1.807) is 0 Å². The normalized spacial score (nSPS) is 35.7. The fraction of sp³-hybridized carbons (Fsp3) is 1.00. The minimum atomic E-state index is 0.374. The summed E-state index contributed by atoms with van der Waals surface area (Å²) in [5.74, 6) is 2.73. The molecule has 0 radical (unpaired) electrons. The summed E-state index contributed by atoms with van der Waals surface area (Å²) in [6.07, 6.45) is 4.11. The Morgan fingerprint density at radius 2 is 2.11 bits per heavy atom. The Balaban J connectivity index is 2.02. The van der Waals surface area contributed by atoms with Crippen LogP contribution >= 0.6 is 11.8 Å². The van der Waals surface area contributed by atoms with Crippen molar-refractivity contribution in [3.63, 3.8) is 0 Å². The first-order valence-corrected chi connectivity index (χ1v) is 8.74. The van der Waals surface area contributed by atoms with Crippen LogP contribution in [-0.2, 0) is 0 Å². The SMILES string of the molecule is CCC1CNC(C(C)(C)C)CN1C1CCCSC1. The van der Waals surface area contributed by atoms with E-state index in [-0.39, 0.29) is 0 Å². The Hall–Kier alpha value is 0.270. The second-order valence-corrected chi connectivity index (χ2v) is 8.11. The van der Waals surface area contributed by atoms with E-state index in [4.69, 9.17) is 0 Å². The maximum absolute atomic E-state index is 3.78. The Kier molecular flexibility index (Phi) is 5.01. The minimum absolute atomic E-state index is 0.374. The molecule has 0 spiro atoms. The monoisotopic (exact) mass is 270 g/mol. The largest absolute Gasteiger partial charge is 0.311 e. The fourth-order valence-electron chi connectivity index (χ4n) is 3.21. The van der Waals surface area contributed by atoms with Crippen molar-refractivity contribution in [1.29, 1.82) is 0 Å². The topological polar surface area (TPSA) is 15.3 Å². The van der Waals surface area contributed by atoms with Gasteiger partial charge in [-0.2, -0.15) is 11.8 Å². The van der Waals surface area contributed by atoms with Crippen LogP contribution < -0.4 is 5.32 Å². The van der Waals surface area contributed by atoms with Crippen molar-refractivity contribution in [3.05, 3.63) is 0 Å². The van der Waals surface area contributed by atoms with Crippen molar-refractivity contribution >= 4 is 11.8 Å². The first-order chi connectivity index (χ1) is 8.52. The average Bonchev–Trinajstić information content (AvgIpc) is 2.38.